The Kier molecular flexibility index (Phi) is 3.57. The lowest BCUT2D eigenvalue weighted by Gasteiger charge is -2.09. The first-order chi connectivity index (χ1) is 8.88. The van der Waals surface area contributed by atoms with Crippen molar-refractivity contribution in [2.75, 3.05) is 4.72 Å². The number of nitrogens with one attached hydrogen (secondary N) is 1. The minimum atomic E-state index is -3.64. The molecule has 5 heteroatoms. The van der Waals surface area contributed by atoms with Crippen molar-refractivity contribution in [3.8, 4) is 0 Å². The lowest BCUT2D eigenvalue weighted by Crippen LogP contribution is -2.13. The zero-order valence-corrected chi connectivity index (χ0v) is 11.5. The first kappa shape index (κ1) is 13.5. The fourth-order valence-electron chi connectivity index (χ4n) is 1.61. The van der Waals surface area contributed by atoms with E-state index in [0.717, 1.165) is 11.1 Å². The smallest absolute Gasteiger partial charge is 0.261 e. The van der Waals surface area contributed by atoms with Gasteiger partial charge in [0.25, 0.3) is 10.0 Å². The summed E-state index contributed by atoms with van der Waals surface area (Å²) in [7, 11) is -3.64. The third kappa shape index (κ3) is 3.12. The summed E-state index contributed by atoms with van der Waals surface area (Å²) in [5, 5.41) is 0. The van der Waals surface area contributed by atoms with Gasteiger partial charge in [-0.3, -0.25) is 4.72 Å². The summed E-state index contributed by atoms with van der Waals surface area (Å²) in [5.41, 5.74) is 2.27. The predicted octanol–water partition coefficient (Wildman–Crippen LogP) is 3.24. The van der Waals surface area contributed by atoms with E-state index < -0.39 is 15.8 Å². The van der Waals surface area contributed by atoms with E-state index in [2.05, 4.69) is 4.72 Å². The van der Waals surface area contributed by atoms with Crippen molar-refractivity contribution in [1.82, 2.24) is 0 Å². The summed E-state index contributed by atoms with van der Waals surface area (Å²) in [4.78, 5) is 0.194. The van der Waals surface area contributed by atoms with Crippen LogP contribution in [-0.2, 0) is 10.0 Å². The Morgan fingerprint density at radius 3 is 2.16 bits per heavy atom. The van der Waals surface area contributed by atoms with Crippen LogP contribution in [0.3, 0.4) is 0 Å². The number of sulfonamides is 1. The molecule has 1 N–H and O–H groups in total. The Labute approximate surface area is 112 Å². The first-order valence-electron chi connectivity index (χ1n) is 5.74. The average molecular weight is 279 g/mol. The Hall–Kier alpha value is -1.88. The van der Waals surface area contributed by atoms with Gasteiger partial charge in [0.05, 0.1) is 4.90 Å². The van der Waals surface area contributed by atoms with Gasteiger partial charge in [-0.25, -0.2) is 12.8 Å². The van der Waals surface area contributed by atoms with E-state index in [1.54, 1.807) is 18.2 Å². The molecule has 2 aromatic rings. The molecule has 0 fully saturated rings. The standard InChI is InChI=1S/C14H14FNO2S/c1-10-3-8-14(9-11(10)2)19(17,18)16-13-6-4-12(15)5-7-13/h3-9,16H,1-2H3. The minimum absolute atomic E-state index is 0.194. The van der Waals surface area contributed by atoms with Gasteiger partial charge in [0.15, 0.2) is 0 Å². The van der Waals surface area contributed by atoms with Crippen molar-refractivity contribution >= 4 is 15.7 Å². The van der Waals surface area contributed by atoms with Crippen LogP contribution in [0.4, 0.5) is 10.1 Å². The maximum absolute atomic E-state index is 12.8. The van der Waals surface area contributed by atoms with Crippen LogP contribution in [0.2, 0.25) is 0 Å². The molecule has 3 nitrogen and oxygen atoms in total. The van der Waals surface area contributed by atoms with Crippen molar-refractivity contribution in [2.45, 2.75) is 18.7 Å². The van der Waals surface area contributed by atoms with Gasteiger partial charge in [-0.05, 0) is 61.4 Å². The molecule has 0 aromatic heterocycles. The van der Waals surface area contributed by atoms with Crippen molar-refractivity contribution < 1.29 is 12.8 Å². The van der Waals surface area contributed by atoms with Gasteiger partial charge in [0, 0.05) is 5.69 Å². The molecule has 19 heavy (non-hydrogen) atoms. The molecule has 0 heterocycles. The Bertz CT molecular complexity index is 694. The molecule has 0 atom stereocenters. The quantitative estimate of drug-likeness (QED) is 0.937. The van der Waals surface area contributed by atoms with Crippen LogP contribution in [0.15, 0.2) is 47.4 Å². The highest BCUT2D eigenvalue weighted by molar-refractivity contribution is 7.92. The number of benzene rings is 2. The molecular weight excluding hydrogens is 265 g/mol. The monoisotopic (exact) mass is 279 g/mol. The van der Waals surface area contributed by atoms with E-state index in [1.165, 1.54) is 24.3 Å². The molecule has 0 saturated heterocycles. The molecular formula is C14H14FNO2S. The van der Waals surface area contributed by atoms with E-state index in [1.807, 2.05) is 13.8 Å². The average Bonchev–Trinajstić information content (AvgIpc) is 2.35. The fraction of sp³-hybridized carbons (Fsp3) is 0.143. The molecule has 0 radical (unpaired) electrons. The summed E-state index contributed by atoms with van der Waals surface area (Å²) in [6, 6.07) is 10.1. The van der Waals surface area contributed by atoms with Crippen molar-refractivity contribution in [3.05, 3.63) is 59.4 Å². The highest BCUT2D eigenvalue weighted by Crippen LogP contribution is 2.18. The Morgan fingerprint density at radius 1 is 0.947 bits per heavy atom. The summed E-state index contributed by atoms with van der Waals surface area (Å²) in [5.74, 6) is -0.408. The van der Waals surface area contributed by atoms with Gasteiger partial charge in [0.2, 0.25) is 0 Å². The fourth-order valence-corrected chi connectivity index (χ4v) is 2.76. The topological polar surface area (TPSA) is 46.2 Å². The van der Waals surface area contributed by atoms with Crippen LogP contribution < -0.4 is 4.72 Å². The molecule has 0 spiro atoms. The predicted molar refractivity (Wildman–Crippen MR) is 73.1 cm³/mol. The second-order valence-electron chi connectivity index (χ2n) is 4.36. The maximum atomic E-state index is 12.8. The van der Waals surface area contributed by atoms with Crippen LogP contribution in [0, 0.1) is 19.7 Å². The second kappa shape index (κ2) is 5.01. The molecule has 0 amide bonds. The number of rotatable bonds is 3. The number of aryl methyl sites for hydroxylation is 2. The zero-order valence-electron chi connectivity index (χ0n) is 10.6. The van der Waals surface area contributed by atoms with Crippen LogP contribution in [0.25, 0.3) is 0 Å². The molecule has 100 valence electrons. The molecule has 2 aromatic carbocycles. The SMILES string of the molecule is Cc1ccc(S(=O)(=O)Nc2ccc(F)cc2)cc1C. The zero-order chi connectivity index (χ0) is 14.0. The van der Waals surface area contributed by atoms with Gasteiger partial charge in [-0.2, -0.15) is 0 Å². The van der Waals surface area contributed by atoms with Crippen LogP contribution in [-0.4, -0.2) is 8.42 Å². The summed E-state index contributed by atoms with van der Waals surface area (Å²) in [6.45, 7) is 3.77. The number of hydrogen-bond acceptors (Lipinski definition) is 2. The summed E-state index contributed by atoms with van der Waals surface area (Å²) in [6.07, 6.45) is 0. The maximum Gasteiger partial charge on any atom is 0.261 e. The third-order valence-electron chi connectivity index (χ3n) is 2.89. The first-order valence-corrected chi connectivity index (χ1v) is 7.22. The van der Waals surface area contributed by atoms with Gasteiger partial charge in [-0.15, -0.1) is 0 Å². The van der Waals surface area contributed by atoms with E-state index in [9.17, 15) is 12.8 Å². The van der Waals surface area contributed by atoms with Gasteiger partial charge >= 0.3 is 0 Å². The largest absolute Gasteiger partial charge is 0.280 e. The van der Waals surface area contributed by atoms with E-state index in [0.29, 0.717) is 5.69 Å². The Balaban J connectivity index is 2.32. The van der Waals surface area contributed by atoms with Crippen LogP contribution in [0.5, 0.6) is 0 Å². The van der Waals surface area contributed by atoms with E-state index in [4.69, 9.17) is 0 Å². The van der Waals surface area contributed by atoms with Gasteiger partial charge < -0.3 is 0 Å². The van der Waals surface area contributed by atoms with Gasteiger partial charge in [-0.1, -0.05) is 6.07 Å². The summed E-state index contributed by atoms with van der Waals surface area (Å²) < 4.78 is 39.5. The molecule has 0 saturated carbocycles. The normalized spacial score (nSPS) is 11.3. The van der Waals surface area contributed by atoms with Crippen molar-refractivity contribution in [3.63, 3.8) is 0 Å². The molecule has 0 aliphatic carbocycles. The molecule has 2 rings (SSSR count). The highest BCUT2D eigenvalue weighted by Gasteiger charge is 2.14. The van der Waals surface area contributed by atoms with Crippen molar-refractivity contribution in [2.24, 2.45) is 0 Å². The number of anilines is 1. The molecule has 0 bridgehead atoms. The van der Waals surface area contributed by atoms with Crippen molar-refractivity contribution in [1.29, 1.82) is 0 Å². The summed E-state index contributed by atoms with van der Waals surface area (Å²) >= 11 is 0. The second-order valence-corrected chi connectivity index (χ2v) is 6.04. The molecule has 0 aliphatic rings. The number of halogens is 1. The Morgan fingerprint density at radius 2 is 1.58 bits per heavy atom. The minimum Gasteiger partial charge on any atom is -0.280 e. The van der Waals surface area contributed by atoms with E-state index in [-0.39, 0.29) is 4.90 Å². The van der Waals surface area contributed by atoms with Gasteiger partial charge in [0.1, 0.15) is 5.82 Å². The lowest BCUT2D eigenvalue weighted by molar-refractivity contribution is 0.601. The van der Waals surface area contributed by atoms with Crippen LogP contribution in [0.1, 0.15) is 11.1 Å². The lowest BCUT2D eigenvalue weighted by atomic mass is 10.1. The third-order valence-corrected chi connectivity index (χ3v) is 4.26. The number of hydrogen-bond donors (Lipinski definition) is 1. The highest BCUT2D eigenvalue weighted by atomic mass is 32.2. The van der Waals surface area contributed by atoms with Crippen LogP contribution >= 0.6 is 0 Å². The molecule has 0 unspecified atom stereocenters. The van der Waals surface area contributed by atoms with E-state index >= 15 is 0 Å². The molecule has 0 aliphatic heterocycles.